The minimum Gasteiger partial charge on any atom is -0.494 e. The zero-order valence-electron chi connectivity index (χ0n) is 13.7. The highest BCUT2D eigenvalue weighted by Crippen LogP contribution is 2.35. The van der Waals surface area contributed by atoms with Crippen molar-refractivity contribution in [1.29, 1.82) is 5.26 Å². The number of anilines is 1. The second-order valence-electron chi connectivity index (χ2n) is 5.76. The summed E-state index contributed by atoms with van der Waals surface area (Å²) in [6, 6.07) is 10.4. The minimum absolute atomic E-state index is 0.0153. The molecule has 4 nitrogen and oxygen atoms in total. The van der Waals surface area contributed by atoms with Crippen LogP contribution < -0.4 is 14.8 Å². The average Bonchev–Trinajstić information content (AvgIpc) is 2.92. The van der Waals surface area contributed by atoms with Gasteiger partial charge in [-0.15, -0.1) is 0 Å². The maximum Gasteiger partial charge on any atom is 0.143 e. The lowest BCUT2D eigenvalue weighted by molar-refractivity contribution is 0.254. The van der Waals surface area contributed by atoms with Crippen molar-refractivity contribution in [3.8, 4) is 17.6 Å². The van der Waals surface area contributed by atoms with Crippen LogP contribution in [0.2, 0.25) is 0 Å². The number of benzene rings is 2. The summed E-state index contributed by atoms with van der Waals surface area (Å²) in [6.45, 7) is 4.94. The largest absolute Gasteiger partial charge is 0.494 e. The topological polar surface area (TPSA) is 54.3 Å². The molecule has 0 bridgehead atoms. The number of nitrogens with one attached hydrogen (secondary N) is 1. The van der Waals surface area contributed by atoms with E-state index in [0.29, 0.717) is 18.8 Å². The fraction of sp³-hybridized carbons (Fsp3) is 0.316. The van der Waals surface area contributed by atoms with Crippen molar-refractivity contribution in [3.05, 3.63) is 52.8 Å². The molecule has 1 N–H and O–H groups in total. The molecule has 0 saturated heterocycles. The lowest BCUT2D eigenvalue weighted by Gasteiger charge is -2.14. The van der Waals surface area contributed by atoms with Gasteiger partial charge in [-0.25, -0.2) is 4.39 Å². The van der Waals surface area contributed by atoms with Crippen molar-refractivity contribution in [2.75, 3.05) is 11.9 Å². The van der Waals surface area contributed by atoms with Crippen LogP contribution >= 0.6 is 0 Å². The standard InChI is InChI=1S/C19H19FN2O2/c1-3-23-18-8-13-7-12(2)24-19(13)9-14(18)11-22-17-6-4-5-16(20)15(17)10-21/h4-6,8-9,12,22H,3,7,11H2,1-2H3/t12-/m0/s1. The van der Waals surface area contributed by atoms with Gasteiger partial charge >= 0.3 is 0 Å². The van der Waals surface area contributed by atoms with Crippen molar-refractivity contribution in [2.24, 2.45) is 0 Å². The molecule has 0 radical (unpaired) electrons. The Morgan fingerprint density at radius 2 is 2.25 bits per heavy atom. The molecule has 124 valence electrons. The van der Waals surface area contributed by atoms with E-state index in [2.05, 4.69) is 5.32 Å². The summed E-state index contributed by atoms with van der Waals surface area (Å²) in [6.07, 6.45) is 1.03. The number of hydrogen-bond donors (Lipinski definition) is 1. The van der Waals surface area contributed by atoms with E-state index in [1.807, 2.05) is 32.0 Å². The zero-order valence-corrected chi connectivity index (χ0v) is 13.7. The summed E-state index contributed by atoms with van der Waals surface area (Å²) in [4.78, 5) is 0. The summed E-state index contributed by atoms with van der Waals surface area (Å²) >= 11 is 0. The maximum atomic E-state index is 13.7. The number of halogens is 1. The maximum absolute atomic E-state index is 13.7. The van der Waals surface area contributed by atoms with E-state index in [0.717, 1.165) is 29.0 Å². The van der Waals surface area contributed by atoms with E-state index in [1.165, 1.54) is 6.07 Å². The SMILES string of the molecule is CCOc1cc2c(cc1CNc1cccc(F)c1C#N)O[C@@H](C)C2. The van der Waals surface area contributed by atoms with Gasteiger partial charge in [0.1, 0.15) is 35.1 Å². The second kappa shape index (κ2) is 6.79. The smallest absolute Gasteiger partial charge is 0.143 e. The van der Waals surface area contributed by atoms with Gasteiger partial charge in [0.05, 0.1) is 12.3 Å². The Bertz CT molecular complexity index is 799. The zero-order chi connectivity index (χ0) is 17.1. The van der Waals surface area contributed by atoms with E-state index in [1.54, 1.807) is 12.1 Å². The molecule has 1 aliphatic rings. The molecule has 0 fully saturated rings. The molecule has 0 saturated carbocycles. The number of nitriles is 1. The van der Waals surface area contributed by atoms with Crippen LogP contribution in [-0.4, -0.2) is 12.7 Å². The predicted octanol–water partition coefficient (Wildman–Crippen LogP) is 4.03. The average molecular weight is 326 g/mol. The number of nitrogens with zero attached hydrogens (tertiary/aromatic N) is 1. The third-order valence-electron chi connectivity index (χ3n) is 3.97. The Hall–Kier alpha value is -2.74. The van der Waals surface area contributed by atoms with Crippen LogP contribution in [0.4, 0.5) is 10.1 Å². The minimum atomic E-state index is -0.529. The monoisotopic (exact) mass is 326 g/mol. The van der Waals surface area contributed by atoms with Crippen molar-refractivity contribution >= 4 is 5.69 Å². The molecule has 0 aliphatic carbocycles. The Morgan fingerprint density at radius 1 is 1.42 bits per heavy atom. The van der Waals surface area contributed by atoms with Crippen LogP contribution in [0.15, 0.2) is 30.3 Å². The van der Waals surface area contributed by atoms with Gasteiger partial charge in [0, 0.05) is 24.1 Å². The van der Waals surface area contributed by atoms with E-state index >= 15 is 0 Å². The molecule has 2 aromatic carbocycles. The molecule has 1 atom stereocenters. The lowest BCUT2D eigenvalue weighted by atomic mass is 10.1. The van der Waals surface area contributed by atoms with Crippen LogP contribution in [0, 0.1) is 17.1 Å². The van der Waals surface area contributed by atoms with Crippen molar-refractivity contribution in [1.82, 2.24) is 0 Å². The molecule has 3 rings (SSSR count). The molecule has 1 heterocycles. The highest BCUT2D eigenvalue weighted by molar-refractivity contribution is 5.59. The van der Waals surface area contributed by atoms with E-state index in [9.17, 15) is 4.39 Å². The van der Waals surface area contributed by atoms with Crippen LogP contribution in [0.3, 0.4) is 0 Å². The first kappa shape index (κ1) is 16.1. The molecular formula is C19H19FN2O2. The van der Waals surface area contributed by atoms with Gasteiger partial charge in [0.15, 0.2) is 0 Å². The first-order valence-corrected chi connectivity index (χ1v) is 8.00. The quantitative estimate of drug-likeness (QED) is 0.901. The number of rotatable bonds is 5. The van der Waals surface area contributed by atoms with Gasteiger partial charge in [0.25, 0.3) is 0 Å². The summed E-state index contributed by atoms with van der Waals surface area (Å²) in [7, 11) is 0. The second-order valence-corrected chi connectivity index (χ2v) is 5.76. The number of fused-ring (bicyclic) bond motifs is 1. The van der Waals surface area contributed by atoms with Crippen molar-refractivity contribution in [2.45, 2.75) is 32.9 Å². The molecule has 5 heteroatoms. The summed E-state index contributed by atoms with van der Waals surface area (Å²) in [5.41, 5.74) is 2.53. The molecule has 24 heavy (non-hydrogen) atoms. The van der Waals surface area contributed by atoms with E-state index < -0.39 is 5.82 Å². The lowest BCUT2D eigenvalue weighted by Crippen LogP contribution is -2.06. The molecular weight excluding hydrogens is 307 g/mol. The van der Waals surface area contributed by atoms with Gasteiger partial charge in [-0.1, -0.05) is 6.07 Å². The molecule has 0 unspecified atom stereocenters. The Balaban J connectivity index is 1.86. The third kappa shape index (κ3) is 3.13. The predicted molar refractivity (Wildman–Crippen MR) is 89.8 cm³/mol. The number of hydrogen-bond acceptors (Lipinski definition) is 4. The fourth-order valence-electron chi connectivity index (χ4n) is 2.89. The molecule has 0 aromatic heterocycles. The summed E-state index contributed by atoms with van der Waals surface area (Å²) < 4.78 is 25.2. The molecule has 0 spiro atoms. The van der Waals surface area contributed by atoms with E-state index in [-0.39, 0.29) is 11.7 Å². The normalized spacial score (nSPS) is 15.3. The highest BCUT2D eigenvalue weighted by Gasteiger charge is 2.22. The van der Waals surface area contributed by atoms with Crippen molar-refractivity contribution < 1.29 is 13.9 Å². The molecule has 0 amide bonds. The fourth-order valence-corrected chi connectivity index (χ4v) is 2.89. The number of ether oxygens (including phenoxy) is 2. The first-order chi connectivity index (χ1) is 11.6. The van der Waals surface area contributed by atoms with Gasteiger partial charge in [-0.3, -0.25) is 0 Å². The first-order valence-electron chi connectivity index (χ1n) is 8.00. The van der Waals surface area contributed by atoms with Gasteiger partial charge in [-0.2, -0.15) is 5.26 Å². The van der Waals surface area contributed by atoms with Crippen LogP contribution in [0.5, 0.6) is 11.5 Å². The Morgan fingerprint density at radius 3 is 3.00 bits per heavy atom. The van der Waals surface area contributed by atoms with Gasteiger partial charge in [-0.05, 0) is 38.1 Å². The van der Waals surface area contributed by atoms with Crippen LogP contribution in [-0.2, 0) is 13.0 Å². The summed E-state index contributed by atoms with van der Waals surface area (Å²) in [5.74, 6) is 1.12. The van der Waals surface area contributed by atoms with Crippen molar-refractivity contribution in [3.63, 3.8) is 0 Å². The van der Waals surface area contributed by atoms with Gasteiger partial charge < -0.3 is 14.8 Å². The molecule has 2 aromatic rings. The van der Waals surface area contributed by atoms with E-state index in [4.69, 9.17) is 14.7 Å². The van der Waals surface area contributed by atoms with Crippen LogP contribution in [0.25, 0.3) is 0 Å². The Labute approximate surface area is 140 Å². The summed E-state index contributed by atoms with van der Waals surface area (Å²) in [5, 5.41) is 12.2. The molecule has 1 aliphatic heterocycles. The Kier molecular flexibility index (Phi) is 4.57. The van der Waals surface area contributed by atoms with Gasteiger partial charge in [0.2, 0.25) is 0 Å². The third-order valence-corrected chi connectivity index (χ3v) is 3.97. The van der Waals surface area contributed by atoms with Crippen LogP contribution in [0.1, 0.15) is 30.5 Å². The highest BCUT2D eigenvalue weighted by atomic mass is 19.1.